The Hall–Kier alpha value is -1.75. The van der Waals surface area contributed by atoms with E-state index in [0.717, 1.165) is 25.0 Å². The van der Waals surface area contributed by atoms with Crippen LogP contribution in [0.3, 0.4) is 0 Å². The number of nitrogens with zero attached hydrogens (tertiary/aromatic N) is 1. The van der Waals surface area contributed by atoms with Gasteiger partial charge < -0.3 is 10.6 Å². The number of hydrogen-bond acceptors (Lipinski definition) is 2. The van der Waals surface area contributed by atoms with Gasteiger partial charge in [-0.3, -0.25) is 4.79 Å². The van der Waals surface area contributed by atoms with Crippen LogP contribution in [0.25, 0.3) is 6.08 Å². The molecule has 1 saturated heterocycles. The topological polar surface area (TPSA) is 46.3 Å². The highest BCUT2D eigenvalue weighted by Gasteiger charge is 2.19. The summed E-state index contributed by atoms with van der Waals surface area (Å²) in [6, 6.07) is 3.58. The molecule has 0 spiro atoms. The predicted octanol–water partition coefficient (Wildman–Crippen LogP) is 1.93. The second-order valence-electron chi connectivity index (χ2n) is 4.66. The van der Waals surface area contributed by atoms with Crippen molar-refractivity contribution in [3.63, 3.8) is 0 Å². The van der Waals surface area contributed by atoms with Gasteiger partial charge in [0, 0.05) is 30.8 Å². The number of carbonyl (C=O) groups excluding carboxylic acids is 1. The van der Waals surface area contributed by atoms with Gasteiger partial charge >= 0.3 is 0 Å². The molecule has 1 atom stereocenters. The summed E-state index contributed by atoms with van der Waals surface area (Å²) < 4.78 is 26.7. The van der Waals surface area contributed by atoms with E-state index in [1.807, 2.05) is 0 Å². The molecule has 0 aliphatic carbocycles. The van der Waals surface area contributed by atoms with Crippen molar-refractivity contribution in [1.82, 2.24) is 4.90 Å². The summed E-state index contributed by atoms with van der Waals surface area (Å²) in [5.41, 5.74) is 5.58. The first-order valence-corrected chi connectivity index (χ1v) is 6.24. The fourth-order valence-electron chi connectivity index (χ4n) is 2.14. The van der Waals surface area contributed by atoms with Crippen molar-refractivity contribution in [3.05, 3.63) is 41.5 Å². The van der Waals surface area contributed by atoms with Gasteiger partial charge in [-0.25, -0.2) is 8.78 Å². The molecule has 1 aliphatic heterocycles. The number of amides is 1. The molecule has 1 aromatic carbocycles. The number of halogens is 2. The van der Waals surface area contributed by atoms with Gasteiger partial charge in [0.1, 0.15) is 11.6 Å². The maximum Gasteiger partial charge on any atom is 0.246 e. The molecule has 2 N–H and O–H groups in total. The van der Waals surface area contributed by atoms with Crippen LogP contribution in [0.15, 0.2) is 24.3 Å². The van der Waals surface area contributed by atoms with E-state index in [4.69, 9.17) is 5.73 Å². The minimum absolute atomic E-state index is 0.0173. The highest BCUT2D eigenvalue weighted by Crippen LogP contribution is 2.14. The van der Waals surface area contributed by atoms with Crippen molar-refractivity contribution in [1.29, 1.82) is 0 Å². The molecule has 0 radical (unpaired) electrons. The zero-order valence-corrected chi connectivity index (χ0v) is 10.5. The summed E-state index contributed by atoms with van der Waals surface area (Å²) >= 11 is 0. The van der Waals surface area contributed by atoms with Crippen LogP contribution in [0.2, 0.25) is 0 Å². The van der Waals surface area contributed by atoms with E-state index >= 15 is 0 Å². The van der Waals surface area contributed by atoms with Crippen LogP contribution < -0.4 is 5.73 Å². The lowest BCUT2D eigenvalue weighted by atomic mass is 10.1. The van der Waals surface area contributed by atoms with Crippen molar-refractivity contribution < 1.29 is 13.6 Å². The summed E-state index contributed by atoms with van der Waals surface area (Å²) in [6.07, 6.45) is 4.12. The number of carbonyl (C=O) groups is 1. The number of benzene rings is 1. The summed E-state index contributed by atoms with van der Waals surface area (Å²) in [6.45, 7) is 1.12. The maximum atomic E-state index is 13.4. The molecule has 0 aromatic heterocycles. The van der Waals surface area contributed by atoms with Gasteiger partial charge in [-0.15, -0.1) is 0 Å². The molecule has 19 heavy (non-hydrogen) atoms. The second kappa shape index (κ2) is 5.93. The minimum atomic E-state index is -0.681. The molecule has 1 heterocycles. The van der Waals surface area contributed by atoms with E-state index < -0.39 is 11.6 Å². The molecule has 1 unspecified atom stereocenters. The number of piperidine rings is 1. The van der Waals surface area contributed by atoms with E-state index in [1.165, 1.54) is 18.2 Å². The quantitative estimate of drug-likeness (QED) is 0.831. The van der Waals surface area contributed by atoms with Crippen LogP contribution in [-0.2, 0) is 4.79 Å². The molecule has 3 nitrogen and oxygen atoms in total. The summed E-state index contributed by atoms with van der Waals surface area (Å²) in [4.78, 5) is 13.5. The number of nitrogens with two attached hydrogens (primary N) is 1. The zero-order chi connectivity index (χ0) is 13.8. The third kappa shape index (κ3) is 3.38. The van der Waals surface area contributed by atoms with Gasteiger partial charge in [-0.2, -0.15) is 0 Å². The fraction of sp³-hybridized carbons (Fsp3) is 0.357. The van der Waals surface area contributed by atoms with E-state index in [-0.39, 0.29) is 17.5 Å². The maximum absolute atomic E-state index is 13.4. The van der Waals surface area contributed by atoms with Gasteiger partial charge in [0.05, 0.1) is 0 Å². The van der Waals surface area contributed by atoms with E-state index in [9.17, 15) is 13.6 Å². The number of likely N-dealkylation sites (tertiary alicyclic amines) is 1. The molecule has 5 heteroatoms. The molecule has 1 fully saturated rings. The van der Waals surface area contributed by atoms with Crippen LogP contribution in [0, 0.1) is 11.6 Å². The Morgan fingerprint density at radius 2 is 2.05 bits per heavy atom. The Kier molecular flexibility index (Phi) is 4.27. The minimum Gasteiger partial charge on any atom is -0.338 e. The summed E-state index contributed by atoms with van der Waals surface area (Å²) in [5, 5.41) is 0. The molecule has 2 rings (SSSR count). The standard InChI is InChI=1S/C14H16F2N2O/c15-12-4-1-5-13(16)11(12)6-7-14(19)18-8-2-3-10(17)9-18/h1,4-7,10H,2-3,8-9,17H2/b7-6+. The van der Waals surface area contributed by atoms with Gasteiger partial charge in [-0.1, -0.05) is 6.07 Å². The zero-order valence-electron chi connectivity index (χ0n) is 10.5. The van der Waals surface area contributed by atoms with Gasteiger partial charge in [-0.05, 0) is 31.1 Å². The Bertz CT molecular complexity index is 482. The molecule has 102 valence electrons. The van der Waals surface area contributed by atoms with Crippen molar-refractivity contribution in [2.45, 2.75) is 18.9 Å². The summed E-state index contributed by atoms with van der Waals surface area (Å²) in [7, 11) is 0. The van der Waals surface area contributed by atoms with Crippen LogP contribution in [0.1, 0.15) is 18.4 Å². The third-order valence-electron chi connectivity index (χ3n) is 3.16. The fourth-order valence-corrected chi connectivity index (χ4v) is 2.14. The van der Waals surface area contributed by atoms with Crippen LogP contribution in [0.5, 0.6) is 0 Å². The number of hydrogen-bond donors (Lipinski definition) is 1. The monoisotopic (exact) mass is 266 g/mol. The van der Waals surface area contributed by atoms with Crippen molar-refractivity contribution in [2.24, 2.45) is 5.73 Å². The predicted molar refractivity (Wildman–Crippen MR) is 69.2 cm³/mol. The van der Waals surface area contributed by atoms with Gasteiger partial charge in [0.15, 0.2) is 0 Å². The number of rotatable bonds is 2. The Morgan fingerprint density at radius 3 is 2.68 bits per heavy atom. The molecule has 1 aliphatic rings. The highest BCUT2D eigenvalue weighted by molar-refractivity contribution is 5.91. The molecule has 1 amide bonds. The van der Waals surface area contributed by atoms with E-state index in [1.54, 1.807) is 4.90 Å². The van der Waals surface area contributed by atoms with Crippen molar-refractivity contribution >= 4 is 12.0 Å². The average molecular weight is 266 g/mol. The van der Waals surface area contributed by atoms with Gasteiger partial charge in [0.2, 0.25) is 5.91 Å². The Balaban J connectivity index is 2.08. The molecular weight excluding hydrogens is 250 g/mol. The third-order valence-corrected chi connectivity index (χ3v) is 3.16. The lowest BCUT2D eigenvalue weighted by molar-refractivity contribution is -0.127. The normalized spacial score (nSPS) is 19.9. The SMILES string of the molecule is NC1CCCN(C(=O)/C=C/c2c(F)cccc2F)C1. The second-order valence-corrected chi connectivity index (χ2v) is 4.66. The first-order valence-electron chi connectivity index (χ1n) is 6.24. The molecular formula is C14H16F2N2O. The van der Waals surface area contributed by atoms with Crippen molar-refractivity contribution in [2.75, 3.05) is 13.1 Å². The van der Waals surface area contributed by atoms with Gasteiger partial charge in [0.25, 0.3) is 0 Å². The molecule has 0 bridgehead atoms. The van der Waals surface area contributed by atoms with E-state index in [2.05, 4.69) is 0 Å². The van der Waals surface area contributed by atoms with E-state index in [0.29, 0.717) is 13.1 Å². The average Bonchev–Trinajstić information content (AvgIpc) is 2.38. The summed E-state index contributed by atoms with van der Waals surface area (Å²) in [5.74, 6) is -1.63. The van der Waals surface area contributed by atoms with Crippen LogP contribution in [-0.4, -0.2) is 29.9 Å². The largest absolute Gasteiger partial charge is 0.338 e. The van der Waals surface area contributed by atoms with Crippen LogP contribution in [0.4, 0.5) is 8.78 Å². The first kappa shape index (κ1) is 13.7. The lowest BCUT2D eigenvalue weighted by Crippen LogP contribution is -2.45. The Labute approximate surface area is 110 Å². The molecule has 0 saturated carbocycles. The van der Waals surface area contributed by atoms with Crippen molar-refractivity contribution in [3.8, 4) is 0 Å². The Morgan fingerprint density at radius 1 is 1.37 bits per heavy atom. The van der Waals surface area contributed by atoms with Crippen LogP contribution >= 0.6 is 0 Å². The first-order chi connectivity index (χ1) is 9.08. The highest BCUT2D eigenvalue weighted by atomic mass is 19.1. The molecule has 1 aromatic rings. The lowest BCUT2D eigenvalue weighted by Gasteiger charge is -2.29. The smallest absolute Gasteiger partial charge is 0.246 e.